The average molecular weight is 388 g/mol. The minimum atomic E-state index is -0.185. The van der Waals surface area contributed by atoms with Gasteiger partial charge in [-0.05, 0) is 42.3 Å². The van der Waals surface area contributed by atoms with E-state index < -0.39 is 0 Å². The Morgan fingerprint density at radius 1 is 1.04 bits per heavy atom. The van der Waals surface area contributed by atoms with Crippen LogP contribution in [0.15, 0.2) is 72.8 Å². The summed E-state index contributed by atoms with van der Waals surface area (Å²) in [6, 6.07) is 23.8. The number of nitrogens with one attached hydrogen (secondary N) is 1. The van der Waals surface area contributed by atoms with Crippen molar-refractivity contribution in [3.63, 3.8) is 0 Å². The van der Waals surface area contributed by atoms with Crippen LogP contribution in [0.5, 0.6) is 5.75 Å². The molecule has 140 valence electrons. The van der Waals surface area contributed by atoms with Gasteiger partial charge in [-0.15, -0.1) is 11.3 Å². The molecular formula is C23H20N2O2S. The van der Waals surface area contributed by atoms with Gasteiger partial charge in [0.05, 0.1) is 15.2 Å². The summed E-state index contributed by atoms with van der Waals surface area (Å²) in [6.45, 7) is 1.94. The van der Waals surface area contributed by atoms with Crippen LogP contribution < -0.4 is 10.1 Å². The second-order valence-electron chi connectivity index (χ2n) is 6.52. The topological polar surface area (TPSA) is 51.2 Å². The molecule has 0 aliphatic carbocycles. The highest BCUT2D eigenvalue weighted by molar-refractivity contribution is 7.18. The van der Waals surface area contributed by atoms with E-state index in [4.69, 9.17) is 4.74 Å². The molecule has 0 radical (unpaired) electrons. The van der Waals surface area contributed by atoms with Gasteiger partial charge >= 0.3 is 0 Å². The Hall–Kier alpha value is -3.18. The van der Waals surface area contributed by atoms with E-state index in [1.54, 1.807) is 11.3 Å². The van der Waals surface area contributed by atoms with Gasteiger partial charge in [-0.2, -0.15) is 0 Å². The van der Waals surface area contributed by atoms with E-state index in [1.807, 2.05) is 67.6 Å². The number of nitrogens with zero attached hydrogens (tertiary/aromatic N) is 1. The Morgan fingerprint density at radius 2 is 1.82 bits per heavy atom. The molecule has 1 aromatic heterocycles. The fourth-order valence-corrected chi connectivity index (χ4v) is 3.93. The molecule has 0 bridgehead atoms. The third-order valence-corrected chi connectivity index (χ3v) is 5.28. The minimum absolute atomic E-state index is 0.0362. The van der Waals surface area contributed by atoms with Crippen LogP contribution in [0.4, 0.5) is 5.69 Å². The molecule has 0 saturated carbocycles. The van der Waals surface area contributed by atoms with Gasteiger partial charge in [0.15, 0.2) is 6.61 Å². The van der Waals surface area contributed by atoms with Crippen molar-refractivity contribution in [1.29, 1.82) is 0 Å². The molecule has 1 heterocycles. The first-order valence-electron chi connectivity index (χ1n) is 9.09. The molecular weight excluding hydrogens is 368 g/mol. The lowest BCUT2D eigenvalue weighted by atomic mass is 10.0. The summed E-state index contributed by atoms with van der Waals surface area (Å²) in [7, 11) is 0. The van der Waals surface area contributed by atoms with Crippen molar-refractivity contribution in [2.24, 2.45) is 0 Å². The molecule has 3 aromatic carbocycles. The summed E-state index contributed by atoms with van der Waals surface area (Å²) in [4.78, 5) is 16.8. The Bertz CT molecular complexity index is 1110. The highest BCUT2D eigenvalue weighted by Gasteiger charge is 2.09. The van der Waals surface area contributed by atoms with Gasteiger partial charge in [-0.25, -0.2) is 4.98 Å². The quantitative estimate of drug-likeness (QED) is 0.493. The molecule has 1 N–H and O–H groups in total. The summed E-state index contributed by atoms with van der Waals surface area (Å²) in [5.41, 5.74) is 3.97. The maximum absolute atomic E-state index is 12.3. The number of amides is 1. The Balaban J connectivity index is 1.40. The van der Waals surface area contributed by atoms with Crippen molar-refractivity contribution in [3.8, 4) is 5.75 Å². The zero-order chi connectivity index (χ0) is 19.3. The maximum Gasteiger partial charge on any atom is 0.262 e. The second kappa shape index (κ2) is 8.23. The molecule has 0 spiro atoms. The SMILES string of the molecule is Cc1nc2ccc(NC(=O)COc3ccccc3Cc3ccccc3)cc2s1. The largest absolute Gasteiger partial charge is 0.483 e. The third-order valence-electron chi connectivity index (χ3n) is 4.35. The standard InChI is InChI=1S/C23H20N2O2S/c1-16-24-20-12-11-19(14-22(20)28-16)25-23(26)15-27-21-10-6-5-9-18(21)13-17-7-3-2-4-8-17/h2-12,14H,13,15H2,1H3,(H,25,26). The summed E-state index contributed by atoms with van der Waals surface area (Å²) in [6.07, 6.45) is 0.764. The Kier molecular flexibility index (Phi) is 5.35. The molecule has 0 atom stereocenters. The Morgan fingerprint density at radius 3 is 2.68 bits per heavy atom. The molecule has 0 aliphatic heterocycles. The summed E-state index contributed by atoms with van der Waals surface area (Å²) >= 11 is 1.61. The van der Waals surface area contributed by atoms with E-state index >= 15 is 0 Å². The first-order valence-corrected chi connectivity index (χ1v) is 9.91. The Labute approximate surface area is 167 Å². The lowest BCUT2D eigenvalue weighted by molar-refractivity contribution is -0.118. The van der Waals surface area contributed by atoms with E-state index in [9.17, 15) is 4.79 Å². The minimum Gasteiger partial charge on any atom is -0.483 e. The van der Waals surface area contributed by atoms with Crippen molar-refractivity contribution in [3.05, 3.63) is 88.9 Å². The van der Waals surface area contributed by atoms with Crippen LogP contribution in [0.3, 0.4) is 0 Å². The number of aryl methyl sites for hydroxylation is 1. The van der Waals surface area contributed by atoms with Crippen molar-refractivity contribution < 1.29 is 9.53 Å². The lowest BCUT2D eigenvalue weighted by Crippen LogP contribution is -2.20. The molecule has 0 aliphatic rings. The van der Waals surface area contributed by atoms with Gasteiger partial charge in [0, 0.05) is 12.1 Å². The lowest BCUT2D eigenvalue weighted by Gasteiger charge is -2.12. The number of benzene rings is 3. The number of anilines is 1. The van der Waals surface area contributed by atoms with Crippen LogP contribution >= 0.6 is 11.3 Å². The van der Waals surface area contributed by atoms with Crippen LogP contribution in [0.2, 0.25) is 0 Å². The van der Waals surface area contributed by atoms with Gasteiger partial charge in [0.2, 0.25) is 0 Å². The van der Waals surface area contributed by atoms with E-state index in [0.29, 0.717) is 0 Å². The zero-order valence-corrected chi connectivity index (χ0v) is 16.3. The molecule has 4 rings (SSSR count). The number of hydrogen-bond acceptors (Lipinski definition) is 4. The summed E-state index contributed by atoms with van der Waals surface area (Å²) < 4.78 is 6.87. The highest BCUT2D eigenvalue weighted by atomic mass is 32.1. The van der Waals surface area contributed by atoms with Crippen LogP contribution in [0, 0.1) is 6.92 Å². The summed E-state index contributed by atoms with van der Waals surface area (Å²) in [5, 5.41) is 3.91. The fourth-order valence-electron chi connectivity index (χ4n) is 3.06. The molecule has 1 amide bonds. The van der Waals surface area contributed by atoms with Crippen LogP contribution in [-0.4, -0.2) is 17.5 Å². The van der Waals surface area contributed by atoms with Gasteiger partial charge in [-0.1, -0.05) is 48.5 Å². The van der Waals surface area contributed by atoms with E-state index in [0.717, 1.165) is 38.6 Å². The fraction of sp³-hybridized carbons (Fsp3) is 0.130. The molecule has 0 fully saturated rings. The van der Waals surface area contributed by atoms with E-state index in [2.05, 4.69) is 22.4 Å². The zero-order valence-electron chi connectivity index (χ0n) is 15.5. The predicted octanol–water partition coefficient (Wildman–Crippen LogP) is 5.21. The molecule has 28 heavy (non-hydrogen) atoms. The van der Waals surface area contributed by atoms with Crippen molar-refractivity contribution in [2.45, 2.75) is 13.3 Å². The monoisotopic (exact) mass is 388 g/mol. The number of ether oxygens (including phenoxy) is 1. The molecule has 4 aromatic rings. The number of aromatic nitrogens is 1. The van der Waals surface area contributed by atoms with Crippen LogP contribution in [0.25, 0.3) is 10.2 Å². The number of rotatable bonds is 6. The number of carbonyl (C=O) groups is 1. The maximum atomic E-state index is 12.3. The van der Waals surface area contributed by atoms with Crippen LogP contribution in [-0.2, 0) is 11.2 Å². The molecule has 0 unspecified atom stereocenters. The smallest absolute Gasteiger partial charge is 0.262 e. The van der Waals surface area contributed by atoms with Gasteiger partial charge in [0.1, 0.15) is 5.75 Å². The molecule has 0 saturated heterocycles. The normalized spacial score (nSPS) is 10.8. The van der Waals surface area contributed by atoms with Crippen molar-refractivity contribution in [2.75, 3.05) is 11.9 Å². The predicted molar refractivity (Wildman–Crippen MR) is 114 cm³/mol. The van der Waals surface area contributed by atoms with Crippen molar-refractivity contribution in [1.82, 2.24) is 4.98 Å². The molecule has 4 nitrogen and oxygen atoms in total. The van der Waals surface area contributed by atoms with Gasteiger partial charge < -0.3 is 10.1 Å². The van der Waals surface area contributed by atoms with Crippen LogP contribution in [0.1, 0.15) is 16.1 Å². The highest BCUT2D eigenvalue weighted by Crippen LogP contribution is 2.25. The first-order chi connectivity index (χ1) is 13.7. The first kappa shape index (κ1) is 18.2. The van der Waals surface area contributed by atoms with E-state index in [-0.39, 0.29) is 12.5 Å². The average Bonchev–Trinajstić information content (AvgIpc) is 3.07. The van der Waals surface area contributed by atoms with Crippen molar-refractivity contribution >= 4 is 33.1 Å². The number of para-hydroxylation sites is 1. The third kappa shape index (κ3) is 4.38. The second-order valence-corrected chi connectivity index (χ2v) is 7.76. The molecule has 5 heteroatoms. The van der Waals surface area contributed by atoms with E-state index in [1.165, 1.54) is 5.56 Å². The number of hydrogen-bond donors (Lipinski definition) is 1. The summed E-state index contributed by atoms with van der Waals surface area (Å²) in [5.74, 6) is 0.546. The number of thiazole rings is 1. The number of fused-ring (bicyclic) bond motifs is 1. The van der Waals surface area contributed by atoms with Gasteiger partial charge in [-0.3, -0.25) is 4.79 Å². The number of carbonyl (C=O) groups excluding carboxylic acids is 1. The van der Waals surface area contributed by atoms with Gasteiger partial charge in [0.25, 0.3) is 5.91 Å².